The third kappa shape index (κ3) is 1.10. The maximum absolute atomic E-state index is 3.70. The summed E-state index contributed by atoms with van der Waals surface area (Å²) in [4.78, 5) is 3.11. The molecule has 76 valence electrons. The van der Waals surface area contributed by atoms with E-state index in [1.807, 2.05) is 11.3 Å². The third-order valence-electron chi connectivity index (χ3n) is 3.79. The normalized spacial score (nSPS) is 35.4. The van der Waals surface area contributed by atoms with Gasteiger partial charge >= 0.3 is 0 Å². The van der Waals surface area contributed by atoms with Gasteiger partial charge in [-0.1, -0.05) is 6.92 Å². The number of rotatable bonds is 0. The quantitative estimate of drug-likeness (QED) is 0.689. The average Bonchev–Trinajstić information content (AvgIpc) is 2.57. The first-order valence-electron chi connectivity index (χ1n) is 5.52. The third-order valence-corrected chi connectivity index (χ3v) is 4.95. The second-order valence-corrected chi connectivity index (χ2v) is 6.36. The molecule has 1 aliphatic heterocycles. The van der Waals surface area contributed by atoms with Crippen molar-refractivity contribution in [2.45, 2.75) is 39.2 Å². The lowest BCUT2D eigenvalue weighted by Gasteiger charge is -2.37. The highest BCUT2D eigenvalue weighted by Crippen LogP contribution is 2.52. The van der Waals surface area contributed by atoms with Gasteiger partial charge in [-0.05, 0) is 49.8 Å². The summed E-state index contributed by atoms with van der Waals surface area (Å²) < 4.78 is 0. The minimum atomic E-state index is 0.521. The smallest absolute Gasteiger partial charge is 0.0475 e. The van der Waals surface area contributed by atoms with Crippen LogP contribution in [0, 0.1) is 12.3 Å². The van der Waals surface area contributed by atoms with Gasteiger partial charge in [0.05, 0.1) is 0 Å². The van der Waals surface area contributed by atoms with Crippen molar-refractivity contribution in [2.75, 3.05) is 6.54 Å². The Morgan fingerprint density at radius 1 is 1.57 bits per heavy atom. The highest BCUT2D eigenvalue weighted by molar-refractivity contribution is 7.12. The monoisotopic (exact) mass is 207 g/mol. The molecule has 1 aromatic rings. The predicted octanol–water partition coefficient (Wildman–Crippen LogP) is 3.04. The van der Waals surface area contributed by atoms with Crippen LogP contribution in [-0.2, 0) is 6.42 Å². The molecular weight excluding hydrogens is 190 g/mol. The van der Waals surface area contributed by atoms with Gasteiger partial charge in [0.1, 0.15) is 0 Å². The summed E-state index contributed by atoms with van der Waals surface area (Å²) in [6.07, 6.45) is 4.04. The molecule has 2 unspecified atom stereocenters. The SMILES string of the molecule is Cc1cc2c(s1)C1NCCCC1(C)C2. The Morgan fingerprint density at radius 2 is 2.43 bits per heavy atom. The molecule has 1 saturated heterocycles. The van der Waals surface area contributed by atoms with E-state index in [2.05, 4.69) is 25.2 Å². The molecule has 3 rings (SSSR count). The highest BCUT2D eigenvalue weighted by Gasteiger charge is 2.44. The lowest BCUT2D eigenvalue weighted by atomic mass is 9.77. The van der Waals surface area contributed by atoms with Crippen LogP contribution in [0.1, 0.15) is 41.1 Å². The zero-order valence-corrected chi connectivity index (χ0v) is 9.71. The lowest BCUT2D eigenvalue weighted by molar-refractivity contribution is 0.179. The standard InChI is InChI=1S/C12H17NS/c1-8-6-9-7-12(2)4-3-5-13-11(12)10(9)14-8/h6,11,13H,3-5,7H2,1-2H3. The summed E-state index contributed by atoms with van der Waals surface area (Å²) in [5.41, 5.74) is 2.14. The van der Waals surface area contributed by atoms with E-state index in [1.54, 1.807) is 10.4 Å². The molecule has 1 aromatic heterocycles. The Kier molecular flexibility index (Phi) is 1.80. The van der Waals surface area contributed by atoms with E-state index >= 15 is 0 Å². The fourth-order valence-corrected chi connectivity index (χ4v) is 4.43. The molecule has 1 fully saturated rings. The molecule has 0 amide bonds. The maximum Gasteiger partial charge on any atom is 0.0475 e. The van der Waals surface area contributed by atoms with Crippen molar-refractivity contribution in [3.63, 3.8) is 0 Å². The van der Waals surface area contributed by atoms with Crippen LogP contribution in [0.5, 0.6) is 0 Å². The summed E-state index contributed by atoms with van der Waals surface area (Å²) >= 11 is 2.00. The van der Waals surface area contributed by atoms with Crippen LogP contribution < -0.4 is 5.32 Å². The van der Waals surface area contributed by atoms with Crippen LogP contribution in [0.3, 0.4) is 0 Å². The molecule has 1 aliphatic carbocycles. The van der Waals surface area contributed by atoms with Crippen molar-refractivity contribution in [3.05, 3.63) is 21.4 Å². The number of hydrogen-bond donors (Lipinski definition) is 1. The Bertz CT molecular complexity index is 368. The van der Waals surface area contributed by atoms with Crippen LogP contribution in [-0.4, -0.2) is 6.54 Å². The van der Waals surface area contributed by atoms with E-state index in [4.69, 9.17) is 0 Å². The van der Waals surface area contributed by atoms with E-state index in [0.717, 1.165) is 0 Å². The van der Waals surface area contributed by atoms with Gasteiger partial charge < -0.3 is 5.32 Å². The van der Waals surface area contributed by atoms with Crippen molar-refractivity contribution in [2.24, 2.45) is 5.41 Å². The average molecular weight is 207 g/mol. The molecule has 0 saturated carbocycles. The molecule has 2 heteroatoms. The van der Waals surface area contributed by atoms with E-state index in [0.29, 0.717) is 11.5 Å². The van der Waals surface area contributed by atoms with Crippen molar-refractivity contribution in [1.29, 1.82) is 0 Å². The van der Waals surface area contributed by atoms with Crippen LogP contribution in [0.25, 0.3) is 0 Å². The Morgan fingerprint density at radius 3 is 3.29 bits per heavy atom. The number of nitrogens with one attached hydrogen (secondary N) is 1. The summed E-state index contributed by atoms with van der Waals surface area (Å²) in [6.45, 7) is 5.88. The van der Waals surface area contributed by atoms with Crippen LogP contribution in [0.4, 0.5) is 0 Å². The van der Waals surface area contributed by atoms with E-state index in [1.165, 1.54) is 30.7 Å². The van der Waals surface area contributed by atoms with E-state index in [9.17, 15) is 0 Å². The summed E-state index contributed by atoms with van der Waals surface area (Å²) in [7, 11) is 0. The highest BCUT2D eigenvalue weighted by atomic mass is 32.1. The second-order valence-electron chi connectivity index (χ2n) is 5.07. The maximum atomic E-state index is 3.70. The van der Waals surface area contributed by atoms with Gasteiger partial charge in [0, 0.05) is 15.8 Å². The molecule has 0 aromatic carbocycles. The molecule has 1 nitrogen and oxygen atoms in total. The second kappa shape index (κ2) is 2.83. The van der Waals surface area contributed by atoms with Gasteiger partial charge in [0.2, 0.25) is 0 Å². The summed E-state index contributed by atoms with van der Waals surface area (Å²) in [6, 6.07) is 3.05. The first kappa shape index (κ1) is 8.93. The van der Waals surface area contributed by atoms with Gasteiger partial charge in [-0.25, -0.2) is 0 Å². The Labute approximate surface area is 89.5 Å². The van der Waals surface area contributed by atoms with Gasteiger partial charge in [0.15, 0.2) is 0 Å². The number of thiophene rings is 1. The number of piperidine rings is 1. The number of fused-ring (bicyclic) bond motifs is 3. The molecule has 1 N–H and O–H groups in total. The summed E-state index contributed by atoms with van der Waals surface area (Å²) in [5.74, 6) is 0. The van der Waals surface area contributed by atoms with Crippen molar-refractivity contribution < 1.29 is 0 Å². The summed E-state index contributed by atoms with van der Waals surface area (Å²) in [5, 5.41) is 3.70. The fraction of sp³-hybridized carbons (Fsp3) is 0.667. The van der Waals surface area contributed by atoms with Crippen molar-refractivity contribution in [1.82, 2.24) is 5.32 Å². The lowest BCUT2D eigenvalue weighted by Crippen LogP contribution is -2.38. The topological polar surface area (TPSA) is 12.0 Å². The Balaban J connectivity index is 2.04. The van der Waals surface area contributed by atoms with Crippen LogP contribution in [0.15, 0.2) is 6.07 Å². The first-order valence-corrected chi connectivity index (χ1v) is 6.33. The molecule has 14 heavy (non-hydrogen) atoms. The van der Waals surface area contributed by atoms with Gasteiger partial charge in [0.25, 0.3) is 0 Å². The van der Waals surface area contributed by atoms with Crippen LogP contribution >= 0.6 is 11.3 Å². The minimum absolute atomic E-state index is 0.521. The van der Waals surface area contributed by atoms with E-state index in [-0.39, 0.29) is 0 Å². The fourth-order valence-electron chi connectivity index (χ4n) is 3.13. The molecule has 0 spiro atoms. The molecule has 2 aliphatic rings. The zero-order valence-electron chi connectivity index (χ0n) is 8.89. The molecule has 0 bridgehead atoms. The molecular formula is C12H17NS. The van der Waals surface area contributed by atoms with Gasteiger partial charge in [-0.15, -0.1) is 11.3 Å². The minimum Gasteiger partial charge on any atom is -0.309 e. The number of hydrogen-bond acceptors (Lipinski definition) is 2. The zero-order chi connectivity index (χ0) is 9.76. The predicted molar refractivity (Wildman–Crippen MR) is 60.8 cm³/mol. The van der Waals surface area contributed by atoms with Gasteiger partial charge in [-0.2, -0.15) is 0 Å². The number of aryl methyl sites for hydroxylation is 1. The largest absolute Gasteiger partial charge is 0.309 e. The molecule has 0 radical (unpaired) electrons. The Hall–Kier alpha value is -0.340. The molecule has 2 atom stereocenters. The molecule has 2 heterocycles. The van der Waals surface area contributed by atoms with Crippen molar-refractivity contribution >= 4 is 11.3 Å². The van der Waals surface area contributed by atoms with Crippen LogP contribution in [0.2, 0.25) is 0 Å². The first-order chi connectivity index (χ1) is 6.69. The van der Waals surface area contributed by atoms with E-state index < -0.39 is 0 Å². The van der Waals surface area contributed by atoms with Crippen molar-refractivity contribution in [3.8, 4) is 0 Å². The van der Waals surface area contributed by atoms with Gasteiger partial charge in [-0.3, -0.25) is 0 Å².